The third kappa shape index (κ3) is 5.70. The minimum absolute atomic E-state index is 0.476. The molecule has 0 bridgehead atoms. The van der Waals surface area contributed by atoms with Gasteiger partial charge in [-0.15, -0.1) is 0 Å². The lowest BCUT2D eigenvalue weighted by atomic mass is 9.85. The molecule has 0 amide bonds. The monoisotopic (exact) mass is 430 g/mol. The number of benzene rings is 3. The van der Waals surface area contributed by atoms with E-state index in [1.54, 1.807) is 14.2 Å². The maximum atomic E-state index is 5.46. The summed E-state index contributed by atoms with van der Waals surface area (Å²) in [6, 6.07) is 28.5. The van der Waals surface area contributed by atoms with Crippen LogP contribution in [0.5, 0.6) is 11.5 Å². The predicted octanol–water partition coefficient (Wildman–Crippen LogP) is 4.89. The van der Waals surface area contributed by atoms with Crippen molar-refractivity contribution < 1.29 is 9.47 Å². The molecule has 4 nitrogen and oxygen atoms in total. The Balaban J connectivity index is 1.39. The normalized spacial score (nSPS) is 18.9. The number of ether oxygens (including phenoxy) is 2. The molecule has 1 aliphatic heterocycles. The Labute approximate surface area is 192 Å². The molecule has 3 aromatic carbocycles. The summed E-state index contributed by atoms with van der Waals surface area (Å²) >= 11 is 0. The van der Waals surface area contributed by atoms with Gasteiger partial charge < -0.3 is 14.8 Å². The summed E-state index contributed by atoms with van der Waals surface area (Å²) in [5.74, 6) is 2.06. The van der Waals surface area contributed by atoms with E-state index in [9.17, 15) is 0 Å². The first-order valence-corrected chi connectivity index (χ1v) is 11.5. The molecule has 1 fully saturated rings. The second kappa shape index (κ2) is 11.2. The Morgan fingerprint density at radius 3 is 2.28 bits per heavy atom. The SMILES string of the molecule is COc1ccc(CCN[C@H]2CCN(Cc3ccccc3)C[C@H]2c2ccccc2)cc1OC. The Morgan fingerprint density at radius 1 is 0.844 bits per heavy atom. The van der Waals surface area contributed by atoms with Crippen LogP contribution in [-0.2, 0) is 13.0 Å². The van der Waals surface area contributed by atoms with E-state index in [2.05, 4.69) is 83.0 Å². The number of rotatable bonds is 9. The summed E-state index contributed by atoms with van der Waals surface area (Å²) in [7, 11) is 3.36. The van der Waals surface area contributed by atoms with Crippen molar-refractivity contribution in [3.8, 4) is 11.5 Å². The van der Waals surface area contributed by atoms with Crippen LogP contribution in [0.1, 0.15) is 29.0 Å². The van der Waals surface area contributed by atoms with Crippen molar-refractivity contribution in [2.24, 2.45) is 0 Å². The minimum atomic E-state index is 0.476. The fourth-order valence-corrected chi connectivity index (χ4v) is 4.73. The summed E-state index contributed by atoms with van der Waals surface area (Å²) in [6.45, 7) is 4.16. The molecule has 0 unspecified atom stereocenters. The highest BCUT2D eigenvalue weighted by molar-refractivity contribution is 5.43. The number of nitrogens with one attached hydrogen (secondary N) is 1. The van der Waals surface area contributed by atoms with Crippen molar-refractivity contribution in [2.45, 2.75) is 31.3 Å². The lowest BCUT2D eigenvalue weighted by molar-refractivity contribution is 0.167. The molecule has 4 rings (SSSR count). The molecule has 2 atom stereocenters. The lowest BCUT2D eigenvalue weighted by Crippen LogP contribution is -2.48. The van der Waals surface area contributed by atoms with Crippen molar-refractivity contribution in [1.29, 1.82) is 0 Å². The third-order valence-corrected chi connectivity index (χ3v) is 6.44. The summed E-state index contributed by atoms with van der Waals surface area (Å²) in [5, 5.41) is 3.87. The molecule has 168 valence electrons. The highest BCUT2D eigenvalue weighted by Gasteiger charge is 2.30. The van der Waals surface area contributed by atoms with Crippen LogP contribution in [0, 0.1) is 0 Å². The van der Waals surface area contributed by atoms with Crippen LogP contribution in [0.4, 0.5) is 0 Å². The van der Waals surface area contributed by atoms with E-state index in [4.69, 9.17) is 9.47 Å². The molecule has 1 N–H and O–H groups in total. The number of likely N-dealkylation sites (tertiary alicyclic amines) is 1. The van der Waals surface area contributed by atoms with Gasteiger partial charge in [0.15, 0.2) is 11.5 Å². The highest BCUT2D eigenvalue weighted by atomic mass is 16.5. The van der Waals surface area contributed by atoms with Gasteiger partial charge in [-0.3, -0.25) is 4.90 Å². The lowest BCUT2D eigenvalue weighted by Gasteiger charge is -2.39. The zero-order chi connectivity index (χ0) is 22.2. The first-order valence-electron chi connectivity index (χ1n) is 11.5. The minimum Gasteiger partial charge on any atom is -0.493 e. The van der Waals surface area contributed by atoms with Crippen molar-refractivity contribution >= 4 is 0 Å². The average Bonchev–Trinajstić information content (AvgIpc) is 2.86. The Hall–Kier alpha value is -2.82. The van der Waals surface area contributed by atoms with Crippen molar-refractivity contribution in [3.63, 3.8) is 0 Å². The quantitative estimate of drug-likeness (QED) is 0.524. The van der Waals surface area contributed by atoms with Crippen LogP contribution in [0.3, 0.4) is 0 Å². The maximum absolute atomic E-state index is 5.46. The number of methoxy groups -OCH3 is 2. The first-order chi connectivity index (χ1) is 15.8. The zero-order valence-corrected chi connectivity index (χ0v) is 19.2. The summed E-state index contributed by atoms with van der Waals surface area (Å²) in [4.78, 5) is 2.60. The van der Waals surface area contributed by atoms with Gasteiger partial charge in [0.1, 0.15) is 0 Å². The van der Waals surface area contributed by atoms with E-state index < -0.39 is 0 Å². The van der Waals surface area contributed by atoms with E-state index in [-0.39, 0.29) is 0 Å². The molecular formula is C28H34N2O2. The van der Waals surface area contributed by atoms with Gasteiger partial charge in [0.2, 0.25) is 0 Å². The fourth-order valence-electron chi connectivity index (χ4n) is 4.73. The van der Waals surface area contributed by atoms with E-state index in [1.807, 2.05) is 6.07 Å². The van der Waals surface area contributed by atoms with Gasteiger partial charge in [0, 0.05) is 31.6 Å². The molecule has 0 aromatic heterocycles. The van der Waals surface area contributed by atoms with Gasteiger partial charge in [0.05, 0.1) is 14.2 Å². The van der Waals surface area contributed by atoms with Crippen molar-refractivity contribution in [3.05, 3.63) is 95.6 Å². The Kier molecular flexibility index (Phi) is 7.81. The average molecular weight is 431 g/mol. The van der Waals surface area contributed by atoms with Gasteiger partial charge in [-0.25, -0.2) is 0 Å². The maximum Gasteiger partial charge on any atom is 0.160 e. The topological polar surface area (TPSA) is 33.7 Å². The zero-order valence-electron chi connectivity index (χ0n) is 19.2. The van der Waals surface area contributed by atoms with Crippen molar-refractivity contribution in [1.82, 2.24) is 10.2 Å². The Morgan fingerprint density at radius 2 is 1.56 bits per heavy atom. The van der Waals surface area contributed by atoms with Crippen LogP contribution in [0.2, 0.25) is 0 Å². The van der Waals surface area contributed by atoms with Crippen LogP contribution in [0.15, 0.2) is 78.9 Å². The van der Waals surface area contributed by atoms with Gasteiger partial charge in [-0.2, -0.15) is 0 Å². The summed E-state index contributed by atoms with van der Waals surface area (Å²) in [5.41, 5.74) is 4.07. The van der Waals surface area contributed by atoms with Gasteiger partial charge >= 0.3 is 0 Å². The molecule has 0 spiro atoms. The second-order valence-corrected chi connectivity index (χ2v) is 8.53. The van der Waals surface area contributed by atoms with Crippen LogP contribution in [0.25, 0.3) is 0 Å². The predicted molar refractivity (Wildman–Crippen MR) is 131 cm³/mol. The molecule has 1 saturated heterocycles. The summed E-state index contributed by atoms with van der Waals surface area (Å²) < 4.78 is 10.8. The Bertz CT molecular complexity index is 962. The molecule has 0 saturated carbocycles. The van der Waals surface area contributed by atoms with Crippen molar-refractivity contribution in [2.75, 3.05) is 33.9 Å². The molecule has 1 heterocycles. The highest BCUT2D eigenvalue weighted by Crippen LogP contribution is 2.29. The standard InChI is InChI=1S/C28H34N2O2/c1-31-27-14-13-22(19-28(27)32-2)15-17-29-26-16-18-30(20-23-9-5-3-6-10-23)21-25(26)24-11-7-4-8-12-24/h3-14,19,25-26,29H,15-18,20-21H2,1-2H3/t25-,26-/m0/s1. The molecule has 32 heavy (non-hydrogen) atoms. The number of piperidine rings is 1. The number of hydrogen-bond acceptors (Lipinski definition) is 4. The number of hydrogen-bond donors (Lipinski definition) is 1. The van der Waals surface area contributed by atoms with Crippen LogP contribution >= 0.6 is 0 Å². The third-order valence-electron chi connectivity index (χ3n) is 6.44. The van der Waals surface area contributed by atoms with Gasteiger partial charge in [0.25, 0.3) is 0 Å². The van der Waals surface area contributed by atoms with E-state index in [0.717, 1.165) is 50.5 Å². The van der Waals surface area contributed by atoms with Gasteiger partial charge in [-0.1, -0.05) is 66.7 Å². The van der Waals surface area contributed by atoms with E-state index >= 15 is 0 Å². The first kappa shape index (κ1) is 22.4. The molecule has 1 aliphatic rings. The fraction of sp³-hybridized carbons (Fsp3) is 0.357. The molecule has 0 radical (unpaired) electrons. The number of nitrogens with zero attached hydrogens (tertiary/aromatic N) is 1. The largest absolute Gasteiger partial charge is 0.493 e. The second-order valence-electron chi connectivity index (χ2n) is 8.53. The van der Waals surface area contributed by atoms with Gasteiger partial charge in [-0.05, 0) is 48.2 Å². The van der Waals surface area contributed by atoms with Crippen LogP contribution in [-0.4, -0.2) is 44.8 Å². The molecular weight excluding hydrogens is 396 g/mol. The molecule has 0 aliphatic carbocycles. The van der Waals surface area contributed by atoms with Crippen LogP contribution < -0.4 is 14.8 Å². The van der Waals surface area contributed by atoms with E-state index in [0.29, 0.717) is 12.0 Å². The van der Waals surface area contributed by atoms with E-state index in [1.165, 1.54) is 16.7 Å². The molecule has 4 heteroatoms. The smallest absolute Gasteiger partial charge is 0.160 e. The molecule has 3 aromatic rings. The summed E-state index contributed by atoms with van der Waals surface area (Å²) in [6.07, 6.45) is 2.12.